The van der Waals surface area contributed by atoms with Crippen molar-refractivity contribution in [2.75, 3.05) is 5.73 Å². The molecule has 76 valence electrons. The Labute approximate surface area is 99.5 Å². The fraction of sp³-hybridized carbons (Fsp3) is 0.400. The molecule has 1 aromatic rings. The summed E-state index contributed by atoms with van der Waals surface area (Å²) < 4.78 is 12.9. The molecule has 0 amide bonds. The number of aryl methyl sites for hydroxylation is 1. The smallest absolute Gasteiger partial charge is 0.169 e. The fourth-order valence-electron chi connectivity index (χ4n) is 1.26. The molecule has 14 heavy (non-hydrogen) atoms. The molecule has 4 heteroatoms. The molecule has 0 unspecified atom stereocenters. The molecule has 0 bridgehead atoms. The lowest BCUT2D eigenvalue weighted by Gasteiger charge is -2.11. The van der Waals surface area contributed by atoms with Crippen molar-refractivity contribution >= 4 is 33.8 Å². The zero-order valence-electron chi connectivity index (χ0n) is 8.64. The number of anilines is 1. The highest BCUT2D eigenvalue weighted by molar-refractivity contribution is 14.1. The number of halogens is 2. The van der Waals surface area contributed by atoms with Gasteiger partial charge in [-0.2, -0.15) is 22.4 Å². The van der Waals surface area contributed by atoms with E-state index in [-0.39, 0.29) is 11.7 Å². The van der Waals surface area contributed by atoms with Crippen LogP contribution in [0.15, 0.2) is 12.1 Å². The third kappa shape index (κ3) is 3.48. The van der Waals surface area contributed by atoms with Gasteiger partial charge in [0.25, 0.3) is 0 Å². The van der Waals surface area contributed by atoms with E-state index in [9.17, 15) is 4.39 Å². The number of benzene rings is 1. The zero-order valence-corrected chi connectivity index (χ0v) is 10.8. The molecule has 0 saturated heterocycles. The molecule has 2 N–H and O–H groups in total. The van der Waals surface area contributed by atoms with Crippen molar-refractivity contribution < 1.29 is 4.39 Å². The predicted molar refractivity (Wildman–Crippen MR) is 69.4 cm³/mol. The van der Waals surface area contributed by atoms with Gasteiger partial charge in [0.05, 0.1) is 0 Å². The molecule has 0 aliphatic carbocycles. The molecule has 0 aliphatic rings. The van der Waals surface area contributed by atoms with Crippen molar-refractivity contribution in [3.63, 3.8) is 0 Å². The van der Waals surface area contributed by atoms with Crippen LogP contribution in [0.4, 0.5) is 10.1 Å². The molecule has 1 rings (SSSR count). The first-order valence-corrected chi connectivity index (χ1v) is 5.54. The molecule has 1 nitrogen and oxygen atoms in total. The van der Waals surface area contributed by atoms with Crippen LogP contribution < -0.4 is 5.73 Å². The Morgan fingerprint density at radius 2 is 1.86 bits per heavy atom. The number of hydrogen-bond donors (Lipinski definition) is 1. The van der Waals surface area contributed by atoms with Gasteiger partial charge in [0.15, 0.2) is 5.70 Å². The van der Waals surface area contributed by atoms with Gasteiger partial charge in [-0.25, -0.2) is 4.39 Å². The Morgan fingerprint density at radius 3 is 2.29 bits per heavy atom. The topological polar surface area (TPSA) is 26.0 Å². The van der Waals surface area contributed by atoms with Crippen molar-refractivity contribution in [3.8, 4) is 0 Å². The second-order valence-electron chi connectivity index (χ2n) is 3.38. The second kappa shape index (κ2) is 6.27. The van der Waals surface area contributed by atoms with Gasteiger partial charge in [-0.3, -0.25) is 0 Å². The van der Waals surface area contributed by atoms with Gasteiger partial charge >= 0.3 is 0 Å². The Bertz CT molecular complexity index is 302. The van der Waals surface area contributed by atoms with E-state index in [2.05, 4.69) is 5.70 Å². The van der Waals surface area contributed by atoms with E-state index in [1.165, 1.54) is 12.1 Å². The highest BCUT2D eigenvalue weighted by Crippen LogP contribution is 2.25. The van der Waals surface area contributed by atoms with Gasteiger partial charge in [0.1, 0.15) is 5.82 Å². The minimum absolute atomic E-state index is 0.203. The molecular weight excluding hydrogens is 291 g/mol. The summed E-state index contributed by atoms with van der Waals surface area (Å²) in [6.07, 6.45) is 0. The monoisotopic (exact) mass is 305 g/mol. The summed E-state index contributed by atoms with van der Waals surface area (Å²) >= 11 is 1.65. The van der Waals surface area contributed by atoms with E-state index >= 15 is 0 Å². The van der Waals surface area contributed by atoms with Gasteiger partial charge in [-0.15, -0.1) is 0 Å². The second-order valence-corrected chi connectivity index (χ2v) is 3.38. The number of nitrogens with two attached hydrogens (primary N) is 1. The molecular formula is C10H14BFIN. The highest BCUT2D eigenvalue weighted by Gasteiger charge is 2.07. The Hall–Kier alpha value is -0.255. The maximum Gasteiger partial charge on any atom is 0.169 e. The molecule has 0 heterocycles. The number of nitrogen functional groups attached to an aromatic ring is 1. The van der Waals surface area contributed by atoms with Gasteiger partial charge in [-0.1, -0.05) is 13.8 Å². The van der Waals surface area contributed by atoms with E-state index in [4.69, 9.17) is 5.73 Å². The van der Waals surface area contributed by atoms with E-state index in [1.807, 2.05) is 20.8 Å². The van der Waals surface area contributed by atoms with Crippen molar-refractivity contribution in [2.24, 2.45) is 0 Å². The van der Waals surface area contributed by atoms with Crippen LogP contribution in [0, 0.1) is 12.7 Å². The molecule has 1 aromatic carbocycles. The van der Waals surface area contributed by atoms with Crippen molar-refractivity contribution in [3.05, 3.63) is 29.1 Å². The third-order valence-electron chi connectivity index (χ3n) is 2.01. The quantitative estimate of drug-likeness (QED) is 0.481. The molecule has 0 atom stereocenters. The van der Waals surface area contributed by atoms with Gasteiger partial charge in [0.2, 0.25) is 0 Å². The average Bonchev–Trinajstić information content (AvgIpc) is 2.14. The summed E-state index contributed by atoms with van der Waals surface area (Å²) in [5.41, 5.74) is 12.7. The predicted octanol–water partition coefficient (Wildman–Crippen LogP) is 3.34. The van der Waals surface area contributed by atoms with E-state index in [1.54, 1.807) is 22.4 Å². The first-order chi connectivity index (χ1) is 6.52. The Kier molecular flexibility index (Phi) is 6.16. The largest absolute Gasteiger partial charge is 0.398 e. The molecule has 2 radical (unpaired) electrons. The minimum Gasteiger partial charge on any atom is -0.398 e. The van der Waals surface area contributed by atoms with E-state index < -0.39 is 0 Å². The lowest BCUT2D eigenvalue weighted by atomic mass is 9.98. The normalized spacial score (nSPS) is 9.57. The lowest BCUT2D eigenvalue weighted by molar-refractivity contribution is 0.622. The maximum atomic E-state index is 12.9. The van der Waals surface area contributed by atoms with Crippen LogP contribution in [0.1, 0.15) is 30.9 Å². The first-order valence-electron chi connectivity index (χ1n) is 4.29. The molecule has 0 aromatic heterocycles. The molecule has 0 fully saturated rings. The van der Waals surface area contributed by atoms with Gasteiger partial charge < -0.3 is 5.73 Å². The van der Waals surface area contributed by atoms with Crippen LogP contribution in [0.25, 0.3) is 0 Å². The Morgan fingerprint density at radius 1 is 1.36 bits per heavy atom. The summed E-state index contributed by atoms with van der Waals surface area (Å²) in [5.74, 6) is 0.0739. The zero-order chi connectivity index (χ0) is 11.3. The Balaban J connectivity index is 0.000000791. The van der Waals surface area contributed by atoms with Crippen molar-refractivity contribution in [1.82, 2.24) is 0 Å². The summed E-state index contributed by atoms with van der Waals surface area (Å²) in [6.45, 7) is 5.83. The molecule has 0 aliphatic heterocycles. The van der Waals surface area contributed by atoms with Gasteiger partial charge in [-0.05, 0) is 36.1 Å². The summed E-state index contributed by atoms with van der Waals surface area (Å²) in [7, 11) is 0. The van der Waals surface area contributed by atoms with Gasteiger partial charge in [0, 0.05) is 5.69 Å². The number of hydrogen-bond acceptors (Lipinski definition) is 1. The fourth-order valence-corrected chi connectivity index (χ4v) is 1.26. The van der Waals surface area contributed by atoms with E-state index in [0.717, 1.165) is 11.1 Å². The standard InChI is InChI=1S/C10H14FN.BI/c1-6(2)9-5-8(11)4-7(3)10(9)12;1-2/h4-6H,12H2,1-3H3;. The lowest BCUT2D eigenvalue weighted by Crippen LogP contribution is -2.00. The SMILES string of the molecule is Cc1cc(F)cc(C(C)C)c1N.[B]I. The van der Waals surface area contributed by atoms with Crippen molar-refractivity contribution in [1.29, 1.82) is 0 Å². The summed E-state index contributed by atoms with van der Waals surface area (Å²) in [5, 5.41) is 0. The maximum absolute atomic E-state index is 12.9. The van der Waals surface area contributed by atoms with Crippen LogP contribution in [0.5, 0.6) is 0 Å². The van der Waals surface area contributed by atoms with Crippen LogP contribution >= 0.6 is 22.4 Å². The van der Waals surface area contributed by atoms with Crippen LogP contribution in [-0.4, -0.2) is 5.70 Å². The third-order valence-corrected chi connectivity index (χ3v) is 2.01. The summed E-state index contributed by atoms with van der Waals surface area (Å²) in [4.78, 5) is 0. The minimum atomic E-state index is -0.203. The highest BCUT2D eigenvalue weighted by atomic mass is 127. The van der Waals surface area contributed by atoms with Crippen LogP contribution in [-0.2, 0) is 0 Å². The molecule has 0 spiro atoms. The average molecular weight is 305 g/mol. The van der Waals surface area contributed by atoms with Crippen LogP contribution in [0.2, 0.25) is 0 Å². The number of rotatable bonds is 1. The summed E-state index contributed by atoms with van der Waals surface area (Å²) in [6, 6.07) is 2.97. The first kappa shape index (κ1) is 13.7. The molecule has 0 saturated carbocycles. The van der Waals surface area contributed by atoms with Crippen LogP contribution in [0.3, 0.4) is 0 Å². The van der Waals surface area contributed by atoms with E-state index in [0.29, 0.717) is 5.69 Å². The van der Waals surface area contributed by atoms with Crippen molar-refractivity contribution in [2.45, 2.75) is 26.7 Å².